The van der Waals surface area contributed by atoms with Crippen LogP contribution in [0.25, 0.3) is 0 Å². The van der Waals surface area contributed by atoms with Gasteiger partial charge in [-0.3, -0.25) is 9.80 Å². The third kappa shape index (κ3) is 7.03. The van der Waals surface area contributed by atoms with Crippen LogP contribution in [0, 0.1) is 13.8 Å². The van der Waals surface area contributed by atoms with Crippen LogP contribution in [0.1, 0.15) is 63.8 Å². The molecular formula is C28H43N5O4. The Bertz CT molecular complexity index is 1050. The molecule has 3 rings (SSSR count). The number of hydrogen-bond donors (Lipinski definition) is 2. The normalized spacial score (nSPS) is 19.4. The van der Waals surface area contributed by atoms with Gasteiger partial charge in [-0.25, -0.2) is 14.4 Å². The number of rotatable bonds is 6. The molecule has 0 bridgehead atoms. The molecule has 4 amide bonds. The van der Waals surface area contributed by atoms with E-state index in [1.807, 2.05) is 64.6 Å². The first kappa shape index (κ1) is 28.5. The van der Waals surface area contributed by atoms with Crippen molar-refractivity contribution in [1.29, 1.82) is 0 Å². The molecular weight excluding hydrogens is 470 g/mol. The molecule has 2 aliphatic rings. The molecule has 0 unspecified atom stereocenters. The zero-order valence-corrected chi connectivity index (χ0v) is 23.4. The van der Waals surface area contributed by atoms with Crippen molar-refractivity contribution in [2.75, 3.05) is 45.9 Å². The second kappa shape index (κ2) is 12.0. The first-order valence-electron chi connectivity index (χ1n) is 13.3. The van der Waals surface area contributed by atoms with Crippen LogP contribution in [-0.4, -0.2) is 84.1 Å². The summed E-state index contributed by atoms with van der Waals surface area (Å²) in [6.45, 7) is 17.3. The van der Waals surface area contributed by atoms with E-state index in [0.29, 0.717) is 44.0 Å². The summed E-state index contributed by atoms with van der Waals surface area (Å²) in [6.07, 6.45) is 0.804. The fraction of sp³-hybridized carbons (Fsp3) is 0.607. The van der Waals surface area contributed by atoms with Crippen molar-refractivity contribution in [3.63, 3.8) is 0 Å². The lowest BCUT2D eigenvalue weighted by atomic mass is 9.90. The van der Waals surface area contributed by atoms with Gasteiger partial charge in [0.2, 0.25) is 0 Å². The van der Waals surface area contributed by atoms with Crippen LogP contribution in [0.15, 0.2) is 29.5 Å². The molecule has 1 aromatic rings. The van der Waals surface area contributed by atoms with E-state index in [-0.39, 0.29) is 24.2 Å². The summed E-state index contributed by atoms with van der Waals surface area (Å²) < 4.78 is 5.52. The standard InChI is InChI=1S/C28H43N5O4/c1-8-33-22(18-31-13-10-14-32(16-15-31)27(36)30-28(5,6)7)23(25(34)37-9-2)24(29-26(33)35)21-17-19(3)11-12-20(21)4/h11-12,17,24H,8-10,13-16,18H2,1-7H3,(H,29,35)(H,30,36)/t24-/m1/s1. The first-order valence-corrected chi connectivity index (χ1v) is 13.3. The molecule has 2 aliphatic heterocycles. The smallest absolute Gasteiger partial charge is 0.338 e. The van der Waals surface area contributed by atoms with E-state index in [2.05, 4.69) is 15.5 Å². The van der Waals surface area contributed by atoms with Crippen LogP contribution in [0.4, 0.5) is 9.59 Å². The van der Waals surface area contributed by atoms with Gasteiger partial charge in [0.15, 0.2) is 0 Å². The minimum Gasteiger partial charge on any atom is -0.463 e. The maximum Gasteiger partial charge on any atom is 0.338 e. The quantitative estimate of drug-likeness (QED) is 0.566. The average molecular weight is 514 g/mol. The van der Waals surface area contributed by atoms with Crippen molar-refractivity contribution in [3.05, 3.63) is 46.2 Å². The van der Waals surface area contributed by atoms with Gasteiger partial charge in [-0.2, -0.15) is 0 Å². The Balaban J connectivity index is 1.96. The highest BCUT2D eigenvalue weighted by atomic mass is 16.5. The van der Waals surface area contributed by atoms with Gasteiger partial charge in [-0.15, -0.1) is 0 Å². The van der Waals surface area contributed by atoms with Gasteiger partial charge in [0.1, 0.15) is 0 Å². The van der Waals surface area contributed by atoms with Gasteiger partial charge in [0, 0.05) is 50.5 Å². The molecule has 0 aliphatic carbocycles. The molecule has 1 fully saturated rings. The first-order chi connectivity index (χ1) is 17.4. The molecule has 2 N–H and O–H groups in total. The number of urea groups is 2. The second-order valence-electron chi connectivity index (χ2n) is 10.9. The Morgan fingerprint density at radius 1 is 1.11 bits per heavy atom. The zero-order valence-electron chi connectivity index (χ0n) is 23.4. The fourth-order valence-corrected chi connectivity index (χ4v) is 4.91. The molecule has 1 aromatic carbocycles. The summed E-state index contributed by atoms with van der Waals surface area (Å²) in [5, 5.41) is 6.10. The number of nitrogens with zero attached hydrogens (tertiary/aromatic N) is 3. The van der Waals surface area contributed by atoms with Crippen molar-refractivity contribution in [2.24, 2.45) is 0 Å². The van der Waals surface area contributed by atoms with E-state index >= 15 is 0 Å². The molecule has 0 saturated carbocycles. The van der Waals surface area contributed by atoms with Gasteiger partial charge >= 0.3 is 18.0 Å². The molecule has 0 radical (unpaired) electrons. The van der Waals surface area contributed by atoms with Crippen molar-refractivity contribution in [2.45, 2.75) is 66.5 Å². The molecule has 0 aromatic heterocycles. The van der Waals surface area contributed by atoms with Crippen molar-refractivity contribution in [3.8, 4) is 0 Å². The van der Waals surface area contributed by atoms with E-state index in [1.165, 1.54) is 0 Å². The number of nitrogens with one attached hydrogen (secondary N) is 2. The molecule has 1 atom stereocenters. The van der Waals surface area contributed by atoms with E-state index in [4.69, 9.17) is 4.74 Å². The minimum atomic E-state index is -0.592. The SMILES string of the molecule is CCOC(=O)C1=C(CN2CCCN(C(=O)NC(C)(C)C)CC2)N(CC)C(=O)N[C@@H]1c1cc(C)ccc1C. The zero-order chi connectivity index (χ0) is 27.3. The number of ether oxygens (including phenoxy) is 1. The Kier molecular flexibility index (Phi) is 9.23. The van der Waals surface area contributed by atoms with Crippen molar-refractivity contribution >= 4 is 18.0 Å². The third-order valence-electron chi connectivity index (χ3n) is 6.73. The Labute approximate surface area is 221 Å². The number of hydrogen-bond acceptors (Lipinski definition) is 5. The molecule has 2 heterocycles. The van der Waals surface area contributed by atoms with E-state index < -0.39 is 12.0 Å². The number of carbonyl (C=O) groups excluding carboxylic acids is 3. The Hall–Kier alpha value is -3.07. The number of likely N-dealkylation sites (N-methyl/N-ethyl adjacent to an activating group) is 1. The Morgan fingerprint density at radius 3 is 2.49 bits per heavy atom. The highest BCUT2D eigenvalue weighted by Crippen LogP contribution is 2.34. The van der Waals surface area contributed by atoms with Crippen LogP contribution >= 0.6 is 0 Å². The number of aryl methyl sites for hydroxylation is 2. The topological polar surface area (TPSA) is 94.2 Å². The monoisotopic (exact) mass is 513 g/mol. The highest BCUT2D eigenvalue weighted by molar-refractivity contribution is 5.95. The summed E-state index contributed by atoms with van der Waals surface area (Å²) in [6, 6.07) is 5.18. The summed E-state index contributed by atoms with van der Waals surface area (Å²) in [5.41, 5.74) is 3.79. The summed E-state index contributed by atoms with van der Waals surface area (Å²) >= 11 is 0. The highest BCUT2D eigenvalue weighted by Gasteiger charge is 2.39. The maximum atomic E-state index is 13.4. The number of esters is 1. The van der Waals surface area contributed by atoms with Gasteiger partial charge in [-0.1, -0.05) is 23.8 Å². The van der Waals surface area contributed by atoms with Crippen LogP contribution in [0.5, 0.6) is 0 Å². The van der Waals surface area contributed by atoms with Gasteiger partial charge in [0.25, 0.3) is 0 Å². The number of carbonyl (C=O) groups is 3. The number of amides is 4. The van der Waals surface area contributed by atoms with E-state index in [9.17, 15) is 14.4 Å². The lowest BCUT2D eigenvalue weighted by molar-refractivity contribution is -0.139. The van der Waals surface area contributed by atoms with E-state index in [1.54, 1.807) is 11.8 Å². The van der Waals surface area contributed by atoms with Crippen molar-refractivity contribution < 1.29 is 19.1 Å². The maximum absolute atomic E-state index is 13.4. The molecule has 37 heavy (non-hydrogen) atoms. The molecule has 9 heteroatoms. The van der Waals surface area contributed by atoms with Crippen LogP contribution < -0.4 is 10.6 Å². The molecule has 9 nitrogen and oxygen atoms in total. The lowest BCUT2D eigenvalue weighted by Gasteiger charge is -2.38. The Morgan fingerprint density at radius 2 is 1.84 bits per heavy atom. The third-order valence-corrected chi connectivity index (χ3v) is 6.73. The van der Waals surface area contributed by atoms with Crippen LogP contribution in [0.2, 0.25) is 0 Å². The number of benzene rings is 1. The molecule has 204 valence electrons. The van der Waals surface area contributed by atoms with E-state index in [0.717, 1.165) is 29.7 Å². The fourth-order valence-electron chi connectivity index (χ4n) is 4.91. The summed E-state index contributed by atoms with van der Waals surface area (Å²) in [4.78, 5) is 45.1. The molecule has 1 saturated heterocycles. The van der Waals surface area contributed by atoms with Gasteiger partial charge in [0.05, 0.1) is 18.2 Å². The summed E-state index contributed by atoms with van der Waals surface area (Å²) in [7, 11) is 0. The molecule has 0 spiro atoms. The van der Waals surface area contributed by atoms with Gasteiger partial charge in [-0.05, 0) is 66.0 Å². The predicted octanol–water partition coefficient (Wildman–Crippen LogP) is 3.72. The predicted molar refractivity (Wildman–Crippen MR) is 144 cm³/mol. The lowest BCUT2D eigenvalue weighted by Crippen LogP contribution is -2.51. The van der Waals surface area contributed by atoms with Gasteiger partial charge < -0.3 is 20.3 Å². The van der Waals surface area contributed by atoms with Crippen LogP contribution in [-0.2, 0) is 9.53 Å². The second-order valence-corrected chi connectivity index (χ2v) is 10.9. The average Bonchev–Trinajstić information content (AvgIpc) is 3.05. The largest absolute Gasteiger partial charge is 0.463 e. The minimum absolute atomic E-state index is 0.0667. The summed E-state index contributed by atoms with van der Waals surface area (Å²) in [5.74, 6) is -0.414. The van der Waals surface area contributed by atoms with Crippen molar-refractivity contribution in [1.82, 2.24) is 25.3 Å². The van der Waals surface area contributed by atoms with Crippen LogP contribution in [0.3, 0.4) is 0 Å².